The van der Waals surface area contributed by atoms with Crippen LogP contribution in [0.25, 0.3) is 6.08 Å². The van der Waals surface area contributed by atoms with Gasteiger partial charge in [0.25, 0.3) is 5.91 Å². The number of furan rings is 1. The minimum atomic E-state index is -0.667. The molecule has 1 amide bonds. The first-order chi connectivity index (χ1) is 14.1. The highest BCUT2D eigenvalue weighted by Crippen LogP contribution is 2.37. The lowest BCUT2D eigenvalue weighted by atomic mass is 9.97. The zero-order valence-electron chi connectivity index (χ0n) is 16.7. The molecule has 0 saturated heterocycles. The lowest BCUT2D eigenvalue weighted by molar-refractivity contribution is -0.895. The quantitative estimate of drug-likeness (QED) is 0.629. The Morgan fingerprint density at radius 1 is 1.31 bits per heavy atom. The van der Waals surface area contributed by atoms with Crippen molar-refractivity contribution in [3.05, 3.63) is 71.7 Å². The molecule has 0 radical (unpaired) electrons. The van der Waals surface area contributed by atoms with Gasteiger partial charge in [0.1, 0.15) is 5.76 Å². The molecular formula is C22H26N3O4+. The highest BCUT2D eigenvalue weighted by atomic mass is 16.3. The predicted molar refractivity (Wildman–Crippen MR) is 108 cm³/mol. The van der Waals surface area contributed by atoms with Crippen molar-refractivity contribution in [1.82, 2.24) is 9.88 Å². The van der Waals surface area contributed by atoms with E-state index in [1.54, 1.807) is 35.5 Å². The number of nitrogens with zero attached hydrogens (tertiary/aromatic N) is 2. The molecule has 0 unspecified atom stereocenters. The van der Waals surface area contributed by atoms with Gasteiger partial charge in [-0.1, -0.05) is 6.07 Å². The van der Waals surface area contributed by atoms with Gasteiger partial charge in [-0.15, -0.1) is 0 Å². The van der Waals surface area contributed by atoms with Crippen LogP contribution in [0.4, 0.5) is 0 Å². The first-order valence-electron chi connectivity index (χ1n) is 9.80. The number of ketones is 1. The molecule has 0 spiro atoms. The van der Waals surface area contributed by atoms with Crippen LogP contribution in [0.5, 0.6) is 0 Å². The number of pyridine rings is 1. The van der Waals surface area contributed by atoms with Crippen molar-refractivity contribution in [1.29, 1.82) is 0 Å². The van der Waals surface area contributed by atoms with Crippen molar-refractivity contribution in [3.8, 4) is 0 Å². The van der Waals surface area contributed by atoms with Gasteiger partial charge >= 0.3 is 0 Å². The minimum Gasteiger partial charge on any atom is -0.503 e. The van der Waals surface area contributed by atoms with E-state index < -0.39 is 23.5 Å². The van der Waals surface area contributed by atoms with Gasteiger partial charge < -0.3 is 19.3 Å². The molecule has 0 aliphatic carbocycles. The summed E-state index contributed by atoms with van der Waals surface area (Å²) in [5.41, 5.74) is 0.759. The van der Waals surface area contributed by atoms with Crippen LogP contribution in [-0.2, 0) is 9.59 Å². The Hall–Kier alpha value is -3.19. The van der Waals surface area contributed by atoms with Crippen LogP contribution < -0.4 is 4.90 Å². The van der Waals surface area contributed by atoms with Gasteiger partial charge in [0.2, 0.25) is 0 Å². The highest BCUT2D eigenvalue weighted by molar-refractivity contribution is 6.14. The maximum absolute atomic E-state index is 12.9. The second-order valence-corrected chi connectivity index (χ2v) is 6.87. The van der Waals surface area contributed by atoms with Gasteiger partial charge in [-0.05, 0) is 49.8 Å². The van der Waals surface area contributed by atoms with Crippen molar-refractivity contribution < 1.29 is 24.0 Å². The molecule has 3 rings (SSSR count). The van der Waals surface area contributed by atoms with Crippen LogP contribution in [-0.4, -0.2) is 52.9 Å². The molecular weight excluding hydrogens is 370 g/mol. The molecule has 0 bridgehead atoms. The molecule has 152 valence electrons. The number of aromatic nitrogens is 1. The predicted octanol–water partition coefficient (Wildman–Crippen LogP) is 1.58. The lowest BCUT2D eigenvalue weighted by Gasteiger charge is -2.27. The summed E-state index contributed by atoms with van der Waals surface area (Å²) in [6, 6.07) is 6.33. The molecule has 2 aromatic rings. The molecule has 0 aromatic carbocycles. The number of quaternary nitrogens is 1. The number of carbonyl (C=O) groups is 2. The van der Waals surface area contributed by atoms with Gasteiger partial charge in [-0.2, -0.15) is 0 Å². The molecule has 7 heteroatoms. The normalized spacial score (nSPS) is 17.1. The zero-order chi connectivity index (χ0) is 20.8. The van der Waals surface area contributed by atoms with E-state index >= 15 is 0 Å². The van der Waals surface area contributed by atoms with Gasteiger partial charge in [-0.3, -0.25) is 14.6 Å². The van der Waals surface area contributed by atoms with Gasteiger partial charge in [0.05, 0.1) is 44.1 Å². The lowest BCUT2D eigenvalue weighted by Crippen LogP contribution is -3.12. The van der Waals surface area contributed by atoms with Crippen LogP contribution in [0, 0.1) is 0 Å². The average molecular weight is 396 g/mol. The van der Waals surface area contributed by atoms with E-state index in [-0.39, 0.29) is 5.57 Å². The largest absolute Gasteiger partial charge is 0.503 e. The molecule has 7 nitrogen and oxygen atoms in total. The van der Waals surface area contributed by atoms with Gasteiger partial charge in [-0.25, -0.2) is 0 Å². The summed E-state index contributed by atoms with van der Waals surface area (Å²) in [5.74, 6) is -0.941. The molecule has 2 aromatic heterocycles. The molecule has 2 N–H and O–H groups in total. The summed E-state index contributed by atoms with van der Waals surface area (Å²) < 4.78 is 5.21. The van der Waals surface area contributed by atoms with E-state index in [0.29, 0.717) is 17.9 Å². The number of likely N-dealkylation sites (N-methyl/N-ethyl adjacent to an activating group) is 1. The average Bonchev–Trinajstić information content (AvgIpc) is 3.35. The molecule has 0 saturated carbocycles. The van der Waals surface area contributed by atoms with Gasteiger partial charge in [0, 0.05) is 12.4 Å². The molecule has 0 fully saturated rings. The number of amides is 1. The zero-order valence-corrected chi connectivity index (χ0v) is 16.7. The Bertz CT molecular complexity index is 899. The molecule has 29 heavy (non-hydrogen) atoms. The summed E-state index contributed by atoms with van der Waals surface area (Å²) in [4.78, 5) is 32.8. The number of aliphatic hydroxyl groups excluding tert-OH is 1. The number of aliphatic hydroxyl groups is 1. The second kappa shape index (κ2) is 9.34. The third-order valence-electron chi connectivity index (χ3n) is 5.22. The standard InChI is InChI=1S/C22H25N3O4/c1-3-24(4-2)12-13-25-20(16-7-5-11-23-15-16)19(21(27)22(25)28)18(26)10-9-17-8-6-14-29-17/h5-11,14-15,20,27H,3-4,12-13H2,1-2H3/p+1/b10-9+/t20-/m1/s1. The molecule has 1 atom stereocenters. The first kappa shape index (κ1) is 20.5. The van der Waals surface area contributed by atoms with Gasteiger partial charge in [0.15, 0.2) is 11.5 Å². The molecule has 1 aliphatic heterocycles. The Morgan fingerprint density at radius 3 is 2.72 bits per heavy atom. The maximum Gasteiger partial charge on any atom is 0.290 e. The third-order valence-corrected chi connectivity index (χ3v) is 5.22. The monoisotopic (exact) mass is 396 g/mol. The van der Waals surface area contributed by atoms with E-state index in [1.807, 2.05) is 6.07 Å². The van der Waals surface area contributed by atoms with Crippen LogP contribution in [0.3, 0.4) is 0 Å². The molecule has 1 aliphatic rings. The summed E-state index contributed by atoms with van der Waals surface area (Å²) in [6.07, 6.45) is 7.61. The summed E-state index contributed by atoms with van der Waals surface area (Å²) >= 11 is 0. The van der Waals surface area contributed by atoms with E-state index in [9.17, 15) is 14.7 Å². The van der Waals surface area contributed by atoms with Crippen molar-refractivity contribution in [2.24, 2.45) is 0 Å². The third kappa shape index (κ3) is 4.46. The summed E-state index contributed by atoms with van der Waals surface area (Å²) in [5, 5.41) is 10.5. The smallest absolute Gasteiger partial charge is 0.290 e. The first-order valence-corrected chi connectivity index (χ1v) is 9.80. The Morgan fingerprint density at radius 2 is 2.10 bits per heavy atom. The summed E-state index contributed by atoms with van der Waals surface area (Å²) in [7, 11) is 0. The Labute approximate surface area is 169 Å². The highest BCUT2D eigenvalue weighted by Gasteiger charge is 2.43. The number of allylic oxidation sites excluding steroid dienone is 1. The second-order valence-electron chi connectivity index (χ2n) is 6.87. The number of carbonyl (C=O) groups excluding carboxylic acids is 2. The topological polar surface area (TPSA) is 88.1 Å². The number of hydrogen-bond donors (Lipinski definition) is 2. The van der Waals surface area contributed by atoms with Crippen molar-refractivity contribution in [3.63, 3.8) is 0 Å². The maximum atomic E-state index is 12.9. The van der Waals surface area contributed by atoms with Crippen LogP contribution >= 0.6 is 0 Å². The van der Waals surface area contributed by atoms with E-state index in [0.717, 1.165) is 19.6 Å². The minimum absolute atomic E-state index is 0.0698. The van der Waals surface area contributed by atoms with Crippen molar-refractivity contribution >= 4 is 17.8 Å². The van der Waals surface area contributed by atoms with E-state index in [2.05, 4.69) is 18.8 Å². The molecule has 3 heterocycles. The summed E-state index contributed by atoms with van der Waals surface area (Å²) in [6.45, 7) is 7.21. The Kier molecular flexibility index (Phi) is 6.61. The fraction of sp³-hybridized carbons (Fsp3) is 0.318. The number of nitrogens with one attached hydrogen (secondary N) is 1. The van der Waals surface area contributed by atoms with Crippen LogP contribution in [0.2, 0.25) is 0 Å². The Balaban J connectivity index is 1.92. The van der Waals surface area contributed by atoms with E-state index in [1.165, 1.54) is 23.3 Å². The SMILES string of the molecule is CC[NH+](CC)CCN1C(=O)C(O)=C(C(=O)/C=C/c2ccco2)[C@H]1c1cccnc1. The fourth-order valence-electron chi connectivity index (χ4n) is 3.54. The van der Waals surface area contributed by atoms with Crippen LogP contribution in [0.15, 0.2) is 64.7 Å². The van der Waals surface area contributed by atoms with Crippen LogP contribution in [0.1, 0.15) is 31.2 Å². The fourth-order valence-corrected chi connectivity index (χ4v) is 3.54. The van der Waals surface area contributed by atoms with Crippen molar-refractivity contribution in [2.45, 2.75) is 19.9 Å². The van der Waals surface area contributed by atoms with E-state index in [4.69, 9.17) is 4.42 Å². The number of rotatable bonds is 9. The number of hydrogen-bond acceptors (Lipinski definition) is 5. The van der Waals surface area contributed by atoms with Crippen molar-refractivity contribution in [2.75, 3.05) is 26.2 Å².